The van der Waals surface area contributed by atoms with Gasteiger partial charge in [-0.25, -0.2) is 4.79 Å². The highest BCUT2D eigenvalue weighted by Crippen LogP contribution is 2.32. The number of nitro benzene ring substituents is 1. The number of halogens is 1. The van der Waals surface area contributed by atoms with Gasteiger partial charge in [0, 0.05) is 16.7 Å². The number of rotatable bonds is 4. The van der Waals surface area contributed by atoms with Crippen molar-refractivity contribution in [2.45, 2.75) is 25.8 Å². The molecule has 0 saturated carbocycles. The predicted octanol–water partition coefficient (Wildman–Crippen LogP) is 2.01. The van der Waals surface area contributed by atoms with Crippen LogP contribution >= 0.6 is 11.6 Å². The fourth-order valence-electron chi connectivity index (χ4n) is 1.98. The van der Waals surface area contributed by atoms with E-state index in [9.17, 15) is 24.8 Å². The number of aromatic hydroxyl groups is 1. The monoisotopic (exact) mass is 340 g/mol. The zero-order valence-electron chi connectivity index (χ0n) is 12.2. The molecule has 3 amide bonds. The molecule has 1 heterocycles. The first-order chi connectivity index (χ1) is 10.7. The number of hydrogen-bond donors (Lipinski definition) is 2. The van der Waals surface area contributed by atoms with Gasteiger partial charge in [0.25, 0.3) is 5.91 Å². The normalized spacial score (nSPS) is 21.1. The molecule has 10 heteroatoms. The average molecular weight is 341 g/mol. The second kappa shape index (κ2) is 5.84. The van der Waals surface area contributed by atoms with Gasteiger partial charge >= 0.3 is 11.7 Å². The van der Waals surface area contributed by atoms with E-state index in [0.29, 0.717) is 11.4 Å². The number of phenols is 1. The van der Waals surface area contributed by atoms with Gasteiger partial charge in [0.05, 0.1) is 11.1 Å². The lowest BCUT2D eigenvalue weighted by Crippen LogP contribution is -2.42. The van der Waals surface area contributed by atoms with E-state index in [0.717, 1.165) is 12.3 Å². The summed E-state index contributed by atoms with van der Waals surface area (Å²) < 4.78 is 0. The molecule has 0 radical (unpaired) electrons. The Hall–Kier alpha value is -2.68. The largest absolute Gasteiger partial charge is 0.502 e. The second-order valence-electron chi connectivity index (χ2n) is 5.10. The lowest BCUT2D eigenvalue weighted by atomic mass is 10.00. The maximum absolute atomic E-state index is 12.1. The minimum absolute atomic E-state index is 0.00606. The van der Waals surface area contributed by atoms with E-state index in [1.54, 1.807) is 13.8 Å². The van der Waals surface area contributed by atoms with Crippen LogP contribution in [0.3, 0.4) is 0 Å². The summed E-state index contributed by atoms with van der Waals surface area (Å²) in [4.78, 5) is 34.0. The third-order valence-electron chi connectivity index (χ3n) is 3.54. The summed E-state index contributed by atoms with van der Waals surface area (Å²) in [6, 6.07) is 1.49. The topological polar surface area (TPSA) is 125 Å². The van der Waals surface area contributed by atoms with Crippen LogP contribution in [0.5, 0.6) is 5.75 Å². The van der Waals surface area contributed by atoms with Crippen LogP contribution in [0.2, 0.25) is 5.02 Å². The van der Waals surface area contributed by atoms with Gasteiger partial charge in [-0.05, 0) is 19.4 Å². The zero-order valence-corrected chi connectivity index (χ0v) is 13.0. The number of carbonyl (C=O) groups excluding carboxylic acids is 2. The van der Waals surface area contributed by atoms with Crippen LogP contribution in [0.4, 0.5) is 10.5 Å². The Balaban J connectivity index is 2.36. The van der Waals surface area contributed by atoms with Crippen molar-refractivity contribution in [3.05, 3.63) is 32.8 Å². The van der Waals surface area contributed by atoms with Gasteiger partial charge in [-0.1, -0.05) is 18.5 Å². The Morgan fingerprint density at radius 2 is 2.17 bits per heavy atom. The fraction of sp³-hybridized carbons (Fsp3) is 0.308. The minimum Gasteiger partial charge on any atom is -0.502 e. The van der Waals surface area contributed by atoms with Crippen molar-refractivity contribution < 1.29 is 19.6 Å². The number of benzene rings is 1. The molecule has 1 aliphatic rings. The third-order valence-corrected chi connectivity index (χ3v) is 3.76. The highest BCUT2D eigenvalue weighted by Gasteiger charge is 2.46. The van der Waals surface area contributed by atoms with Crippen molar-refractivity contribution in [1.82, 2.24) is 10.3 Å². The van der Waals surface area contributed by atoms with Crippen LogP contribution in [0.15, 0.2) is 17.2 Å². The Kier molecular flexibility index (Phi) is 4.24. The van der Waals surface area contributed by atoms with E-state index in [-0.39, 0.29) is 10.6 Å². The van der Waals surface area contributed by atoms with Crippen molar-refractivity contribution >= 4 is 35.4 Å². The third kappa shape index (κ3) is 2.95. The van der Waals surface area contributed by atoms with Crippen molar-refractivity contribution in [2.24, 2.45) is 5.10 Å². The molecule has 0 aliphatic carbocycles. The molecule has 9 nitrogen and oxygen atoms in total. The summed E-state index contributed by atoms with van der Waals surface area (Å²) in [7, 11) is 0. The van der Waals surface area contributed by atoms with Gasteiger partial charge in [0.1, 0.15) is 5.54 Å². The van der Waals surface area contributed by atoms with Crippen molar-refractivity contribution in [3.8, 4) is 5.75 Å². The average Bonchev–Trinajstić information content (AvgIpc) is 2.70. The Bertz CT molecular complexity index is 735. The Labute approximate surface area is 135 Å². The molecular formula is C13H13ClN4O5. The summed E-state index contributed by atoms with van der Waals surface area (Å²) >= 11 is 5.75. The number of nitrogens with zero attached hydrogens (tertiary/aromatic N) is 3. The molecule has 1 aromatic carbocycles. The van der Waals surface area contributed by atoms with Crippen LogP contribution in [0.1, 0.15) is 25.8 Å². The number of nitrogens with one attached hydrogen (secondary N) is 1. The van der Waals surface area contributed by atoms with E-state index < -0.39 is 33.8 Å². The number of urea groups is 1. The maximum atomic E-state index is 12.1. The number of phenolic OH excluding ortho intramolecular Hbond substituents is 1. The van der Waals surface area contributed by atoms with Crippen LogP contribution < -0.4 is 5.32 Å². The number of hydrogen-bond acceptors (Lipinski definition) is 6. The van der Waals surface area contributed by atoms with Gasteiger partial charge in [0.2, 0.25) is 5.75 Å². The summed E-state index contributed by atoms with van der Waals surface area (Å²) in [6.07, 6.45) is 1.34. The summed E-state index contributed by atoms with van der Waals surface area (Å²) in [6.45, 7) is 3.29. The number of hydrazone groups is 1. The van der Waals surface area contributed by atoms with E-state index in [1.165, 1.54) is 6.07 Å². The molecule has 1 atom stereocenters. The van der Waals surface area contributed by atoms with Gasteiger partial charge < -0.3 is 10.4 Å². The molecule has 0 aromatic heterocycles. The van der Waals surface area contributed by atoms with Crippen LogP contribution in [0.25, 0.3) is 0 Å². The smallest absolute Gasteiger partial charge is 0.346 e. The molecule has 1 fully saturated rings. The molecule has 122 valence electrons. The molecule has 1 aliphatic heterocycles. The van der Waals surface area contributed by atoms with Crippen molar-refractivity contribution in [3.63, 3.8) is 0 Å². The highest BCUT2D eigenvalue weighted by molar-refractivity contribution is 6.31. The molecule has 1 saturated heterocycles. The van der Waals surface area contributed by atoms with Crippen molar-refractivity contribution in [1.29, 1.82) is 0 Å². The summed E-state index contributed by atoms with van der Waals surface area (Å²) in [5.41, 5.74) is -1.75. The molecule has 2 N–H and O–H groups in total. The number of imide groups is 1. The molecule has 0 spiro atoms. The molecule has 1 unspecified atom stereocenters. The highest BCUT2D eigenvalue weighted by atomic mass is 35.5. The maximum Gasteiger partial charge on any atom is 0.346 e. The first-order valence-corrected chi connectivity index (χ1v) is 6.95. The fourth-order valence-corrected chi connectivity index (χ4v) is 2.20. The van der Waals surface area contributed by atoms with Crippen LogP contribution in [0, 0.1) is 10.1 Å². The number of amides is 3. The minimum atomic E-state index is -1.06. The zero-order chi connectivity index (χ0) is 17.4. The Morgan fingerprint density at radius 3 is 2.70 bits per heavy atom. The van der Waals surface area contributed by atoms with Gasteiger partial charge in [-0.2, -0.15) is 5.10 Å². The molecular weight excluding hydrogens is 328 g/mol. The van der Waals surface area contributed by atoms with E-state index >= 15 is 0 Å². The summed E-state index contributed by atoms with van der Waals surface area (Å²) in [5.74, 6) is -1.22. The lowest BCUT2D eigenvalue weighted by Gasteiger charge is -2.17. The number of nitro groups is 1. The number of carbonyl (C=O) groups is 2. The molecule has 23 heavy (non-hydrogen) atoms. The standard InChI is InChI=1S/C13H13ClN4O5/c1-3-13(2)11(20)17(12(21)16-13)15-6-7-4-8(14)5-9(10(7)19)18(22)23/h4-6,19H,3H2,1-2H3,(H,16,21). The van der Waals surface area contributed by atoms with Gasteiger partial charge in [-0.3, -0.25) is 14.9 Å². The van der Waals surface area contributed by atoms with Gasteiger partial charge in [0.15, 0.2) is 0 Å². The van der Waals surface area contributed by atoms with E-state index in [2.05, 4.69) is 10.4 Å². The van der Waals surface area contributed by atoms with Crippen LogP contribution in [-0.4, -0.2) is 38.7 Å². The molecule has 1 aromatic rings. The first-order valence-electron chi connectivity index (χ1n) is 6.57. The quantitative estimate of drug-likeness (QED) is 0.375. The SMILES string of the molecule is CCC1(C)NC(=O)N(N=Cc2cc(Cl)cc([N+](=O)[O-])c2O)C1=O. The predicted molar refractivity (Wildman–Crippen MR) is 81.4 cm³/mol. The van der Waals surface area contributed by atoms with E-state index in [4.69, 9.17) is 11.6 Å². The summed E-state index contributed by atoms with van der Waals surface area (Å²) in [5, 5.41) is 27.5. The molecule has 2 rings (SSSR count). The molecule has 0 bridgehead atoms. The van der Waals surface area contributed by atoms with Crippen LogP contribution in [-0.2, 0) is 4.79 Å². The second-order valence-corrected chi connectivity index (χ2v) is 5.53. The van der Waals surface area contributed by atoms with Crippen molar-refractivity contribution in [2.75, 3.05) is 0 Å². The first kappa shape index (κ1) is 16.7. The Morgan fingerprint density at radius 1 is 1.52 bits per heavy atom. The van der Waals surface area contributed by atoms with E-state index in [1.807, 2.05) is 0 Å². The lowest BCUT2D eigenvalue weighted by molar-refractivity contribution is -0.385. The van der Waals surface area contributed by atoms with Gasteiger partial charge in [-0.15, -0.1) is 5.01 Å².